The van der Waals surface area contributed by atoms with Crippen LogP contribution in [0.2, 0.25) is 0 Å². The van der Waals surface area contributed by atoms with Gasteiger partial charge in [0.1, 0.15) is 11.9 Å². The van der Waals surface area contributed by atoms with Crippen LogP contribution in [0.15, 0.2) is 72.8 Å². The van der Waals surface area contributed by atoms with Crippen molar-refractivity contribution in [3.63, 3.8) is 0 Å². The van der Waals surface area contributed by atoms with Crippen LogP contribution < -0.4 is 19.1 Å². The molecule has 9 nitrogen and oxygen atoms in total. The van der Waals surface area contributed by atoms with Gasteiger partial charge in [0.05, 0.1) is 11.9 Å². The van der Waals surface area contributed by atoms with Gasteiger partial charge in [-0.15, -0.1) is 0 Å². The molecule has 0 aliphatic carbocycles. The van der Waals surface area contributed by atoms with Crippen LogP contribution >= 0.6 is 0 Å². The standard InChI is InChI=1S/C32H38FN3O6S/c1-4-23(2)34-32(38)28(19-24-9-6-5-7-10-24)35(21-25-12-14-26(33)15-13-25)31(37)11-8-18-36(43(3,39)40)27-16-17-29-30(20-27)42-22-41-29/h5-7,9-10,12-17,20,23,28H,4,8,11,18-19,21-22H2,1-3H3,(H,34,38)/t23-,28+/m1/s1. The first-order valence-electron chi connectivity index (χ1n) is 14.3. The summed E-state index contributed by atoms with van der Waals surface area (Å²) in [4.78, 5) is 29.0. The maximum Gasteiger partial charge on any atom is 0.243 e. The molecule has 11 heteroatoms. The van der Waals surface area contributed by atoms with E-state index in [0.717, 1.165) is 18.2 Å². The summed E-state index contributed by atoms with van der Waals surface area (Å²) < 4.78 is 51.1. The average molecular weight is 612 g/mol. The summed E-state index contributed by atoms with van der Waals surface area (Å²) in [5.74, 6) is -0.0236. The molecule has 0 unspecified atom stereocenters. The topological polar surface area (TPSA) is 105 Å². The number of benzene rings is 3. The Hall–Kier alpha value is -4.12. The van der Waals surface area contributed by atoms with E-state index >= 15 is 0 Å². The lowest BCUT2D eigenvalue weighted by Crippen LogP contribution is -2.52. The summed E-state index contributed by atoms with van der Waals surface area (Å²) in [6.45, 7) is 4.05. The van der Waals surface area contributed by atoms with Crippen LogP contribution in [0.3, 0.4) is 0 Å². The fourth-order valence-electron chi connectivity index (χ4n) is 4.83. The lowest BCUT2D eigenvalue weighted by molar-refractivity contribution is -0.141. The molecule has 0 spiro atoms. The zero-order chi connectivity index (χ0) is 31.0. The van der Waals surface area contributed by atoms with Gasteiger partial charge in [-0.2, -0.15) is 0 Å². The molecule has 0 saturated heterocycles. The number of halogens is 1. The molecule has 1 aliphatic rings. The number of ether oxygens (including phenoxy) is 2. The molecular formula is C32H38FN3O6S. The summed E-state index contributed by atoms with van der Waals surface area (Å²) >= 11 is 0. The second kappa shape index (κ2) is 14.4. The third-order valence-corrected chi connectivity index (χ3v) is 8.53. The Morgan fingerprint density at radius 2 is 1.67 bits per heavy atom. The normalized spacial score (nSPS) is 13.7. The van der Waals surface area contributed by atoms with E-state index in [9.17, 15) is 22.4 Å². The highest BCUT2D eigenvalue weighted by atomic mass is 32.2. The van der Waals surface area contributed by atoms with Crippen LogP contribution in [0.5, 0.6) is 11.5 Å². The van der Waals surface area contributed by atoms with Crippen molar-refractivity contribution in [2.45, 2.75) is 58.2 Å². The zero-order valence-corrected chi connectivity index (χ0v) is 25.5. The molecule has 43 heavy (non-hydrogen) atoms. The molecule has 230 valence electrons. The molecule has 3 aromatic carbocycles. The molecule has 0 radical (unpaired) electrons. The van der Waals surface area contributed by atoms with E-state index in [4.69, 9.17) is 9.47 Å². The first-order valence-corrected chi connectivity index (χ1v) is 16.2. The van der Waals surface area contributed by atoms with Gasteiger partial charge >= 0.3 is 0 Å². The van der Waals surface area contributed by atoms with Crippen molar-refractivity contribution in [2.75, 3.05) is 23.9 Å². The predicted molar refractivity (Wildman–Crippen MR) is 163 cm³/mol. The summed E-state index contributed by atoms with van der Waals surface area (Å²) in [5.41, 5.74) is 1.95. The average Bonchev–Trinajstić information content (AvgIpc) is 3.46. The molecule has 0 fully saturated rings. The van der Waals surface area contributed by atoms with Crippen molar-refractivity contribution < 1.29 is 31.9 Å². The molecule has 3 aromatic rings. The number of anilines is 1. The van der Waals surface area contributed by atoms with E-state index in [1.807, 2.05) is 44.2 Å². The van der Waals surface area contributed by atoms with Gasteiger partial charge in [-0.05, 0) is 55.2 Å². The minimum atomic E-state index is -3.68. The monoisotopic (exact) mass is 611 g/mol. The fourth-order valence-corrected chi connectivity index (χ4v) is 5.78. The third kappa shape index (κ3) is 8.70. The van der Waals surface area contributed by atoms with Crippen molar-refractivity contribution >= 4 is 27.5 Å². The number of amides is 2. The van der Waals surface area contributed by atoms with Gasteiger partial charge in [0, 0.05) is 38.0 Å². The number of fused-ring (bicyclic) bond motifs is 1. The van der Waals surface area contributed by atoms with Crippen LogP contribution in [0.25, 0.3) is 0 Å². The summed E-state index contributed by atoms with van der Waals surface area (Å²) in [5, 5.41) is 3.01. The second-order valence-electron chi connectivity index (χ2n) is 10.6. The van der Waals surface area contributed by atoms with Gasteiger partial charge in [0.2, 0.25) is 28.6 Å². The quantitative estimate of drug-likeness (QED) is 0.285. The van der Waals surface area contributed by atoms with Gasteiger partial charge in [0.25, 0.3) is 0 Å². The van der Waals surface area contributed by atoms with E-state index in [1.54, 1.807) is 30.3 Å². The Bertz CT molecular complexity index is 1500. The van der Waals surface area contributed by atoms with Crippen molar-refractivity contribution in [2.24, 2.45) is 0 Å². The second-order valence-corrected chi connectivity index (χ2v) is 12.6. The number of hydrogen-bond acceptors (Lipinski definition) is 6. The van der Waals surface area contributed by atoms with Crippen molar-refractivity contribution in [1.82, 2.24) is 10.2 Å². The van der Waals surface area contributed by atoms with Gasteiger partial charge in [0.15, 0.2) is 11.5 Å². The smallest absolute Gasteiger partial charge is 0.243 e. The van der Waals surface area contributed by atoms with Crippen LogP contribution in [0, 0.1) is 5.82 Å². The fraction of sp³-hybridized carbons (Fsp3) is 0.375. The molecule has 0 bridgehead atoms. The van der Waals surface area contributed by atoms with E-state index in [0.29, 0.717) is 22.7 Å². The van der Waals surface area contributed by atoms with Crippen LogP contribution in [0.1, 0.15) is 44.2 Å². The predicted octanol–water partition coefficient (Wildman–Crippen LogP) is 4.66. The number of carbonyl (C=O) groups excluding carboxylic acids is 2. The van der Waals surface area contributed by atoms with Crippen molar-refractivity contribution in [3.05, 3.63) is 89.7 Å². The molecule has 0 saturated carbocycles. The highest BCUT2D eigenvalue weighted by molar-refractivity contribution is 7.92. The number of nitrogens with zero attached hydrogens (tertiary/aromatic N) is 2. The Balaban J connectivity index is 1.58. The number of rotatable bonds is 14. The summed E-state index contributed by atoms with van der Waals surface area (Å²) in [7, 11) is -3.68. The van der Waals surface area contributed by atoms with Gasteiger partial charge in [-0.1, -0.05) is 49.4 Å². The van der Waals surface area contributed by atoms with Gasteiger partial charge in [-0.3, -0.25) is 13.9 Å². The molecule has 4 rings (SSSR count). The molecule has 1 aliphatic heterocycles. The lowest BCUT2D eigenvalue weighted by atomic mass is 10.0. The molecule has 2 amide bonds. The van der Waals surface area contributed by atoms with Gasteiger partial charge in [-0.25, -0.2) is 12.8 Å². The first kappa shape index (κ1) is 31.8. The number of nitrogens with one attached hydrogen (secondary N) is 1. The minimum Gasteiger partial charge on any atom is -0.454 e. The minimum absolute atomic E-state index is 0.0142. The highest BCUT2D eigenvalue weighted by Gasteiger charge is 2.31. The van der Waals surface area contributed by atoms with Gasteiger partial charge < -0.3 is 19.7 Å². The van der Waals surface area contributed by atoms with E-state index in [2.05, 4.69) is 5.32 Å². The molecular weight excluding hydrogens is 573 g/mol. The maximum absolute atomic E-state index is 13.9. The molecule has 1 heterocycles. The summed E-state index contributed by atoms with van der Waals surface area (Å²) in [6.07, 6.45) is 2.29. The Kier molecular flexibility index (Phi) is 10.6. The molecule has 0 aromatic heterocycles. The van der Waals surface area contributed by atoms with Crippen LogP contribution in [0.4, 0.5) is 10.1 Å². The van der Waals surface area contributed by atoms with Crippen molar-refractivity contribution in [1.29, 1.82) is 0 Å². The molecule has 1 N–H and O–H groups in total. The van der Waals surface area contributed by atoms with E-state index in [1.165, 1.54) is 21.3 Å². The van der Waals surface area contributed by atoms with Crippen LogP contribution in [-0.2, 0) is 32.6 Å². The van der Waals surface area contributed by atoms with Crippen molar-refractivity contribution in [3.8, 4) is 11.5 Å². The Morgan fingerprint density at radius 1 is 0.977 bits per heavy atom. The van der Waals surface area contributed by atoms with Crippen LogP contribution in [-0.4, -0.2) is 56.8 Å². The number of hydrogen-bond donors (Lipinski definition) is 1. The van der Waals surface area contributed by atoms with E-state index in [-0.39, 0.29) is 57.0 Å². The molecule has 2 atom stereocenters. The maximum atomic E-state index is 13.9. The lowest BCUT2D eigenvalue weighted by Gasteiger charge is -2.32. The largest absolute Gasteiger partial charge is 0.454 e. The van der Waals surface area contributed by atoms with E-state index < -0.39 is 21.9 Å². The number of carbonyl (C=O) groups is 2. The third-order valence-electron chi connectivity index (χ3n) is 7.33. The zero-order valence-electron chi connectivity index (χ0n) is 24.7. The highest BCUT2D eigenvalue weighted by Crippen LogP contribution is 2.36. The first-order chi connectivity index (χ1) is 20.5. The Labute approximate surface area is 252 Å². The number of sulfonamides is 1. The summed E-state index contributed by atoms with van der Waals surface area (Å²) in [6, 6.07) is 19.2. The Morgan fingerprint density at radius 3 is 2.35 bits per heavy atom. The SMILES string of the molecule is CC[C@@H](C)NC(=O)[C@H](Cc1ccccc1)N(Cc1ccc(F)cc1)C(=O)CCCN(c1ccc2c(c1)OCO2)S(C)(=O)=O.